The number of fused-ring (bicyclic) bond motifs is 1. The molecular formula is C13H11N3OS. The van der Waals surface area contributed by atoms with Crippen LogP contribution >= 0.6 is 11.3 Å². The lowest BCUT2D eigenvalue weighted by Crippen LogP contribution is -2.08. The monoisotopic (exact) mass is 257 g/mol. The summed E-state index contributed by atoms with van der Waals surface area (Å²) in [6.45, 7) is 0. The van der Waals surface area contributed by atoms with Crippen LogP contribution in [-0.2, 0) is 7.05 Å². The van der Waals surface area contributed by atoms with Gasteiger partial charge in [0.25, 0.3) is 5.91 Å². The van der Waals surface area contributed by atoms with Crippen molar-refractivity contribution in [3.05, 3.63) is 41.3 Å². The maximum Gasteiger partial charge on any atom is 0.258 e. The fourth-order valence-corrected chi connectivity index (χ4v) is 2.90. The zero-order valence-corrected chi connectivity index (χ0v) is 10.6. The molecule has 0 aliphatic carbocycles. The van der Waals surface area contributed by atoms with Crippen LogP contribution in [0, 0.1) is 0 Å². The first-order chi connectivity index (χ1) is 8.66. The fraction of sp³-hybridized carbons (Fsp3) is 0.0769. The van der Waals surface area contributed by atoms with E-state index in [1.165, 1.54) is 11.3 Å². The Balaban J connectivity index is 2.27. The van der Waals surface area contributed by atoms with Gasteiger partial charge in [-0.15, -0.1) is 11.3 Å². The van der Waals surface area contributed by atoms with Crippen LogP contribution in [0.25, 0.3) is 21.5 Å². The maximum absolute atomic E-state index is 11.2. The summed E-state index contributed by atoms with van der Waals surface area (Å²) < 4.78 is 1.79. The number of rotatable bonds is 2. The van der Waals surface area contributed by atoms with Crippen molar-refractivity contribution < 1.29 is 4.79 Å². The molecule has 0 radical (unpaired) electrons. The van der Waals surface area contributed by atoms with Gasteiger partial charge in [-0.2, -0.15) is 5.10 Å². The van der Waals surface area contributed by atoms with Crippen LogP contribution in [0.4, 0.5) is 0 Å². The normalized spacial score (nSPS) is 10.9. The van der Waals surface area contributed by atoms with Gasteiger partial charge in [0, 0.05) is 18.0 Å². The van der Waals surface area contributed by atoms with E-state index in [-0.39, 0.29) is 0 Å². The number of carbonyl (C=O) groups excluding carboxylic acids is 1. The molecule has 0 fully saturated rings. The number of carbonyl (C=O) groups is 1. The van der Waals surface area contributed by atoms with Crippen LogP contribution in [0.3, 0.4) is 0 Å². The number of thiophene rings is 1. The molecule has 3 rings (SSSR count). The van der Waals surface area contributed by atoms with Crippen molar-refractivity contribution in [1.82, 2.24) is 9.78 Å². The van der Waals surface area contributed by atoms with Crippen LogP contribution in [-0.4, -0.2) is 15.7 Å². The van der Waals surface area contributed by atoms with E-state index < -0.39 is 5.91 Å². The van der Waals surface area contributed by atoms with Crippen molar-refractivity contribution in [3.8, 4) is 11.3 Å². The summed E-state index contributed by atoms with van der Waals surface area (Å²) in [5, 5.41) is 5.47. The summed E-state index contributed by atoms with van der Waals surface area (Å²) >= 11 is 1.37. The Hall–Kier alpha value is -2.14. The highest BCUT2D eigenvalue weighted by molar-refractivity contribution is 7.20. The minimum atomic E-state index is -0.393. The lowest BCUT2D eigenvalue weighted by Gasteiger charge is -1.95. The molecule has 0 spiro atoms. The Kier molecular flexibility index (Phi) is 2.41. The number of primary amides is 1. The second-order valence-corrected chi connectivity index (χ2v) is 5.06. The topological polar surface area (TPSA) is 60.9 Å². The number of benzene rings is 1. The highest BCUT2D eigenvalue weighted by atomic mass is 32.1. The highest BCUT2D eigenvalue weighted by Crippen LogP contribution is 2.33. The predicted octanol–water partition coefficient (Wildman–Crippen LogP) is 2.40. The molecular weight excluding hydrogens is 246 g/mol. The number of amides is 1. The standard InChI is InChI=1S/C13H11N3OS/c1-16-13-9(7-10(18-13)12(14)17)11(15-16)8-5-3-2-4-6-8/h2-7H,1H3,(H2,14,17). The second kappa shape index (κ2) is 3.96. The molecule has 0 aliphatic rings. The fourth-order valence-electron chi connectivity index (χ4n) is 1.97. The van der Waals surface area contributed by atoms with Crippen molar-refractivity contribution in [2.75, 3.05) is 0 Å². The van der Waals surface area contributed by atoms with Crippen molar-refractivity contribution in [2.45, 2.75) is 0 Å². The van der Waals surface area contributed by atoms with Crippen LogP contribution < -0.4 is 5.73 Å². The van der Waals surface area contributed by atoms with Gasteiger partial charge in [-0.1, -0.05) is 30.3 Å². The molecule has 18 heavy (non-hydrogen) atoms. The first-order valence-corrected chi connectivity index (χ1v) is 6.30. The van der Waals surface area contributed by atoms with E-state index in [2.05, 4.69) is 5.10 Å². The molecule has 0 saturated heterocycles. The first-order valence-electron chi connectivity index (χ1n) is 5.48. The van der Waals surface area contributed by atoms with Crippen LogP contribution in [0.1, 0.15) is 9.67 Å². The average Bonchev–Trinajstić information content (AvgIpc) is 2.92. The van der Waals surface area contributed by atoms with Crippen molar-refractivity contribution in [1.29, 1.82) is 0 Å². The molecule has 0 saturated carbocycles. The molecule has 1 aromatic carbocycles. The Morgan fingerprint density at radius 3 is 2.72 bits per heavy atom. The Morgan fingerprint density at radius 1 is 1.33 bits per heavy atom. The van der Waals surface area contributed by atoms with Gasteiger partial charge < -0.3 is 5.73 Å². The van der Waals surface area contributed by atoms with E-state index in [9.17, 15) is 4.79 Å². The van der Waals surface area contributed by atoms with Gasteiger partial charge in [-0.25, -0.2) is 0 Å². The van der Waals surface area contributed by atoms with E-state index in [0.29, 0.717) is 4.88 Å². The van der Waals surface area contributed by atoms with Gasteiger partial charge in [0.15, 0.2) is 0 Å². The molecule has 0 unspecified atom stereocenters. The molecule has 5 heteroatoms. The third kappa shape index (κ3) is 1.60. The molecule has 0 atom stereocenters. The third-order valence-electron chi connectivity index (χ3n) is 2.80. The number of aryl methyl sites for hydroxylation is 1. The minimum absolute atomic E-state index is 0.393. The molecule has 1 amide bonds. The van der Waals surface area contributed by atoms with Crippen LogP contribution in [0.2, 0.25) is 0 Å². The summed E-state index contributed by atoms with van der Waals surface area (Å²) in [5.74, 6) is -0.393. The minimum Gasteiger partial charge on any atom is -0.365 e. The molecule has 2 N–H and O–H groups in total. The van der Waals surface area contributed by atoms with Crippen molar-refractivity contribution in [2.24, 2.45) is 12.8 Å². The Morgan fingerprint density at radius 2 is 2.06 bits per heavy atom. The summed E-state index contributed by atoms with van der Waals surface area (Å²) in [4.78, 5) is 12.8. The van der Waals surface area contributed by atoms with E-state index in [4.69, 9.17) is 5.73 Å². The first kappa shape index (κ1) is 11.0. The van der Waals surface area contributed by atoms with Gasteiger partial charge in [-0.05, 0) is 6.07 Å². The lowest BCUT2D eigenvalue weighted by molar-refractivity contribution is 0.100. The molecule has 0 aliphatic heterocycles. The molecule has 4 nitrogen and oxygen atoms in total. The lowest BCUT2D eigenvalue weighted by atomic mass is 10.1. The van der Waals surface area contributed by atoms with E-state index >= 15 is 0 Å². The summed E-state index contributed by atoms with van der Waals surface area (Å²) in [5.41, 5.74) is 7.24. The van der Waals surface area contributed by atoms with Crippen LogP contribution in [0.5, 0.6) is 0 Å². The van der Waals surface area contributed by atoms with E-state index in [1.54, 1.807) is 4.68 Å². The van der Waals surface area contributed by atoms with E-state index in [0.717, 1.165) is 21.5 Å². The Bertz CT molecular complexity index is 727. The zero-order chi connectivity index (χ0) is 12.7. The van der Waals surface area contributed by atoms with Crippen LogP contribution in [0.15, 0.2) is 36.4 Å². The molecule has 90 valence electrons. The van der Waals surface area contributed by atoms with Gasteiger partial charge in [0.1, 0.15) is 10.5 Å². The Labute approximate surface area is 108 Å². The van der Waals surface area contributed by atoms with Gasteiger partial charge in [0.2, 0.25) is 0 Å². The summed E-state index contributed by atoms with van der Waals surface area (Å²) in [7, 11) is 1.87. The molecule has 3 aromatic rings. The van der Waals surface area contributed by atoms with Crippen molar-refractivity contribution >= 4 is 27.5 Å². The van der Waals surface area contributed by atoms with Gasteiger partial charge in [-0.3, -0.25) is 9.48 Å². The third-order valence-corrected chi connectivity index (χ3v) is 4.02. The average molecular weight is 257 g/mol. The number of hydrogen-bond acceptors (Lipinski definition) is 3. The number of nitrogens with zero attached hydrogens (tertiary/aromatic N) is 2. The summed E-state index contributed by atoms with van der Waals surface area (Å²) in [6, 6.07) is 11.7. The SMILES string of the molecule is Cn1nc(-c2ccccc2)c2cc(C(N)=O)sc21. The zero-order valence-electron chi connectivity index (χ0n) is 9.75. The van der Waals surface area contributed by atoms with Gasteiger partial charge >= 0.3 is 0 Å². The largest absolute Gasteiger partial charge is 0.365 e. The number of aromatic nitrogens is 2. The smallest absolute Gasteiger partial charge is 0.258 e. The van der Waals surface area contributed by atoms with Crippen molar-refractivity contribution in [3.63, 3.8) is 0 Å². The van der Waals surface area contributed by atoms with E-state index in [1.807, 2.05) is 43.4 Å². The second-order valence-electron chi connectivity index (χ2n) is 4.03. The summed E-state index contributed by atoms with van der Waals surface area (Å²) in [6.07, 6.45) is 0. The maximum atomic E-state index is 11.2. The molecule has 0 bridgehead atoms. The predicted molar refractivity (Wildman–Crippen MR) is 72.5 cm³/mol. The number of nitrogens with two attached hydrogens (primary N) is 1. The van der Waals surface area contributed by atoms with Gasteiger partial charge in [0.05, 0.1) is 4.88 Å². The highest BCUT2D eigenvalue weighted by Gasteiger charge is 2.15. The molecule has 2 heterocycles. The quantitative estimate of drug-likeness (QED) is 0.766. The number of hydrogen-bond donors (Lipinski definition) is 1. The molecule has 2 aromatic heterocycles.